The van der Waals surface area contributed by atoms with Gasteiger partial charge < -0.3 is 5.32 Å². The quantitative estimate of drug-likeness (QED) is 0.744. The third-order valence-electron chi connectivity index (χ3n) is 2.95. The van der Waals surface area contributed by atoms with Crippen molar-refractivity contribution in [3.63, 3.8) is 0 Å². The second kappa shape index (κ2) is 6.36. The first-order valence-corrected chi connectivity index (χ1v) is 6.44. The van der Waals surface area contributed by atoms with Gasteiger partial charge in [-0.05, 0) is 18.4 Å². The van der Waals surface area contributed by atoms with Crippen molar-refractivity contribution in [3.05, 3.63) is 48.6 Å². The molecule has 1 aromatic rings. The molecule has 1 aromatic carbocycles. The number of carbonyl (C=O) groups excluding carboxylic acids is 1. The van der Waals surface area contributed by atoms with Crippen molar-refractivity contribution >= 4 is 5.91 Å². The molecule has 0 aromatic heterocycles. The summed E-state index contributed by atoms with van der Waals surface area (Å²) in [6.45, 7) is 5.70. The molecule has 18 heavy (non-hydrogen) atoms. The molecule has 2 rings (SSSR count). The fourth-order valence-corrected chi connectivity index (χ4v) is 1.91. The zero-order chi connectivity index (χ0) is 12.8. The molecule has 1 amide bonds. The lowest BCUT2D eigenvalue weighted by atomic mass is 10.2. The maximum Gasteiger partial charge on any atom is 0.234 e. The molecule has 0 heterocycles. The second-order valence-corrected chi connectivity index (χ2v) is 4.79. The van der Waals surface area contributed by atoms with Crippen molar-refractivity contribution in [1.82, 2.24) is 10.2 Å². The lowest BCUT2D eigenvalue weighted by Gasteiger charge is -2.20. The van der Waals surface area contributed by atoms with Crippen LogP contribution in [-0.4, -0.2) is 29.9 Å². The van der Waals surface area contributed by atoms with Crippen LogP contribution in [0.3, 0.4) is 0 Å². The molecule has 0 unspecified atom stereocenters. The summed E-state index contributed by atoms with van der Waals surface area (Å²) < 4.78 is 0. The van der Waals surface area contributed by atoms with Crippen LogP contribution in [0.4, 0.5) is 0 Å². The molecule has 1 aliphatic carbocycles. The van der Waals surface area contributed by atoms with Crippen LogP contribution >= 0.6 is 0 Å². The first-order chi connectivity index (χ1) is 8.78. The highest BCUT2D eigenvalue weighted by Crippen LogP contribution is 2.18. The van der Waals surface area contributed by atoms with Gasteiger partial charge in [0, 0.05) is 19.1 Å². The predicted molar refractivity (Wildman–Crippen MR) is 73.1 cm³/mol. The number of hydrogen-bond donors (Lipinski definition) is 1. The summed E-state index contributed by atoms with van der Waals surface area (Å²) in [5.74, 6) is 0.121. The van der Waals surface area contributed by atoms with Crippen LogP contribution in [0.15, 0.2) is 43.0 Å². The normalized spacial score (nSPS) is 14.5. The molecule has 1 fully saturated rings. The summed E-state index contributed by atoms with van der Waals surface area (Å²) >= 11 is 0. The molecule has 0 saturated heterocycles. The van der Waals surface area contributed by atoms with Gasteiger partial charge in [0.1, 0.15) is 0 Å². The Hall–Kier alpha value is -1.61. The molecule has 3 nitrogen and oxygen atoms in total. The van der Waals surface area contributed by atoms with Gasteiger partial charge >= 0.3 is 0 Å². The minimum Gasteiger partial charge on any atom is -0.352 e. The van der Waals surface area contributed by atoms with Crippen LogP contribution in [0, 0.1) is 0 Å². The molecule has 0 atom stereocenters. The SMILES string of the molecule is C=CCN(CC(=O)NC1CC1)Cc1ccccc1. The summed E-state index contributed by atoms with van der Waals surface area (Å²) in [4.78, 5) is 13.9. The van der Waals surface area contributed by atoms with Crippen LogP contribution in [-0.2, 0) is 11.3 Å². The first-order valence-electron chi connectivity index (χ1n) is 6.44. The lowest BCUT2D eigenvalue weighted by Crippen LogP contribution is -2.37. The highest BCUT2D eigenvalue weighted by molar-refractivity contribution is 5.78. The maximum atomic E-state index is 11.8. The average Bonchev–Trinajstić information content (AvgIpc) is 3.14. The zero-order valence-electron chi connectivity index (χ0n) is 10.6. The van der Waals surface area contributed by atoms with Crippen molar-refractivity contribution in [2.24, 2.45) is 0 Å². The fraction of sp³-hybridized carbons (Fsp3) is 0.400. The van der Waals surface area contributed by atoms with E-state index in [0.29, 0.717) is 12.6 Å². The van der Waals surface area contributed by atoms with Gasteiger partial charge in [0.25, 0.3) is 0 Å². The van der Waals surface area contributed by atoms with E-state index < -0.39 is 0 Å². The zero-order valence-corrected chi connectivity index (χ0v) is 10.6. The van der Waals surface area contributed by atoms with E-state index in [1.807, 2.05) is 24.3 Å². The Balaban J connectivity index is 1.86. The van der Waals surface area contributed by atoms with Crippen molar-refractivity contribution in [2.75, 3.05) is 13.1 Å². The highest BCUT2D eigenvalue weighted by atomic mass is 16.2. The third kappa shape index (κ3) is 4.34. The number of rotatable bonds is 7. The number of nitrogens with zero attached hydrogens (tertiary/aromatic N) is 1. The number of benzene rings is 1. The van der Waals surface area contributed by atoms with Gasteiger partial charge in [-0.25, -0.2) is 0 Å². The third-order valence-corrected chi connectivity index (χ3v) is 2.95. The maximum absolute atomic E-state index is 11.8. The van der Waals surface area contributed by atoms with Gasteiger partial charge in [0.2, 0.25) is 5.91 Å². The van der Waals surface area contributed by atoms with Crippen molar-refractivity contribution in [1.29, 1.82) is 0 Å². The predicted octanol–water partition coefficient (Wildman–Crippen LogP) is 1.95. The molecular weight excluding hydrogens is 224 g/mol. The Labute approximate surface area is 108 Å². The summed E-state index contributed by atoms with van der Waals surface area (Å²) in [7, 11) is 0. The van der Waals surface area contributed by atoms with E-state index in [1.54, 1.807) is 0 Å². The van der Waals surface area contributed by atoms with Crippen LogP contribution in [0.1, 0.15) is 18.4 Å². The van der Waals surface area contributed by atoms with E-state index in [9.17, 15) is 4.79 Å². The Bertz CT molecular complexity index is 398. The summed E-state index contributed by atoms with van der Waals surface area (Å²) in [6.07, 6.45) is 4.10. The monoisotopic (exact) mass is 244 g/mol. The van der Waals surface area contributed by atoms with Gasteiger partial charge in [0.05, 0.1) is 6.54 Å². The van der Waals surface area contributed by atoms with Crippen LogP contribution in [0.5, 0.6) is 0 Å². The molecule has 0 bridgehead atoms. The smallest absolute Gasteiger partial charge is 0.234 e. The Morgan fingerprint density at radius 2 is 2.11 bits per heavy atom. The van der Waals surface area contributed by atoms with Crippen molar-refractivity contribution in [2.45, 2.75) is 25.4 Å². The van der Waals surface area contributed by atoms with Crippen LogP contribution in [0.2, 0.25) is 0 Å². The van der Waals surface area contributed by atoms with Gasteiger partial charge in [-0.3, -0.25) is 9.69 Å². The topological polar surface area (TPSA) is 32.3 Å². The second-order valence-electron chi connectivity index (χ2n) is 4.79. The fourth-order valence-electron chi connectivity index (χ4n) is 1.91. The lowest BCUT2D eigenvalue weighted by molar-refractivity contribution is -0.122. The summed E-state index contributed by atoms with van der Waals surface area (Å²) in [5.41, 5.74) is 1.22. The molecule has 0 radical (unpaired) electrons. The highest BCUT2D eigenvalue weighted by Gasteiger charge is 2.23. The summed E-state index contributed by atoms with van der Waals surface area (Å²) in [6, 6.07) is 10.6. The molecule has 96 valence electrons. The van der Waals surface area contributed by atoms with Gasteiger partial charge in [0.15, 0.2) is 0 Å². The minimum absolute atomic E-state index is 0.121. The van der Waals surface area contributed by atoms with Gasteiger partial charge in [-0.15, -0.1) is 6.58 Å². The molecule has 0 aliphatic heterocycles. The molecule has 1 N–H and O–H groups in total. The Morgan fingerprint density at radius 3 is 2.72 bits per heavy atom. The molecule has 1 saturated carbocycles. The van der Waals surface area contributed by atoms with Crippen LogP contribution < -0.4 is 5.32 Å². The molecule has 3 heteroatoms. The minimum atomic E-state index is 0.121. The van der Waals surface area contributed by atoms with E-state index in [1.165, 1.54) is 5.56 Å². The number of nitrogens with one attached hydrogen (secondary N) is 1. The van der Waals surface area contributed by atoms with E-state index in [0.717, 1.165) is 25.9 Å². The standard InChI is InChI=1S/C15H20N2O/c1-2-10-17(11-13-6-4-3-5-7-13)12-15(18)16-14-8-9-14/h2-7,14H,1,8-12H2,(H,16,18). The molecular formula is C15H20N2O. The first kappa shape index (κ1) is 12.8. The molecule has 0 spiro atoms. The van der Waals surface area contributed by atoms with Gasteiger partial charge in [-0.2, -0.15) is 0 Å². The Morgan fingerprint density at radius 1 is 1.39 bits per heavy atom. The number of carbonyl (C=O) groups is 1. The van der Waals surface area contributed by atoms with E-state index >= 15 is 0 Å². The Kier molecular flexibility index (Phi) is 4.53. The van der Waals surface area contributed by atoms with E-state index in [-0.39, 0.29) is 5.91 Å². The van der Waals surface area contributed by atoms with Crippen molar-refractivity contribution < 1.29 is 4.79 Å². The summed E-state index contributed by atoms with van der Waals surface area (Å²) in [5, 5.41) is 3.01. The largest absolute Gasteiger partial charge is 0.352 e. The number of amides is 1. The van der Waals surface area contributed by atoms with Gasteiger partial charge in [-0.1, -0.05) is 36.4 Å². The molecule has 1 aliphatic rings. The average molecular weight is 244 g/mol. The van der Waals surface area contributed by atoms with Crippen molar-refractivity contribution in [3.8, 4) is 0 Å². The van der Waals surface area contributed by atoms with E-state index in [4.69, 9.17) is 0 Å². The van der Waals surface area contributed by atoms with Crippen LogP contribution in [0.25, 0.3) is 0 Å². The van der Waals surface area contributed by atoms with E-state index in [2.05, 4.69) is 28.9 Å². The number of hydrogen-bond acceptors (Lipinski definition) is 2.